The molecule has 1 aromatic carbocycles. The summed E-state index contributed by atoms with van der Waals surface area (Å²) in [6, 6.07) is 1.56. The van der Waals surface area contributed by atoms with Gasteiger partial charge >= 0.3 is 11.9 Å². The molecule has 13 heteroatoms. The highest BCUT2D eigenvalue weighted by molar-refractivity contribution is 7.98. The molecule has 0 spiro atoms. The largest absolute Gasteiger partial charge is 0.508 e. The molecule has 212 valence electrons. The summed E-state index contributed by atoms with van der Waals surface area (Å²) in [5.74, 6) is -4.41. The van der Waals surface area contributed by atoms with Crippen LogP contribution < -0.4 is 21.7 Å². The zero-order chi connectivity index (χ0) is 28.8. The van der Waals surface area contributed by atoms with E-state index < -0.39 is 60.2 Å². The number of nitrogens with two attached hydrogens (primary N) is 1. The second kappa shape index (κ2) is 16.5. The molecule has 5 unspecified atom stereocenters. The molecule has 0 saturated heterocycles. The van der Waals surface area contributed by atoms with Crippen LogP contribution in [0.1, 0.15) is 45.1 Å². The van der Waals surface area contributed by atoms with Gasteiger partial charge in [-0.25, -0.2) is 4.79 Å². The Morgan fingerprint density at radius 1 is 0.921 bits per heavy atom. The number of carbonyl (C=O) groups is 5. The summed E-state index contributed by atoms with van der Waals surface area (Å²) in [6.07, 6.45) is 1.86. The molecule has 1 aromatic rings. The van der Waals surface area contributed by atoms with Gasteiger partial charge in [-0.3, -0.25) is 19.2 Å². The van der Waals surface area contributed by atoms with Gasteiger partial charge in [-0.15, -0.1) is 0 Å². The van der Waals surface area contributed by atoms with Crippen LogP contribution >= 0.6 is 11.8 Å². The summed E-state index contributed by atoms with van der Waals surface area (Å²) in [4.78, 5) is 61.6. The average molecular weight is 555 g/mol. The van der Waals surface area contributed by atoms with E-state index >= 15 is 0 Å². The molecule has 0 aliphatic carbocycles. The zero-order valence-corrected chi connectivity index (χ0v) is 22.6. The molecule has 38 heavy (non-hydrogen) atoms. The van der Waals surface area contributed by atoms with Crippen molar-refractivity contribution in [1.82, 2.24) is 16.0 Å². The van der Waals surface area contributed by atoms with Crippen molar-refractivity contribution >= 4 is 41.4 Å². The molecule has 5 atom stereocenters. The van der Waals surface area contributed by atoms with Crippen molar-refractivity contribution in [3.8, 4) is 5.75 Å². The fraction of sp³-hybridized carbons (Fsp3) is 0.560. The van der Waals surface area contributed by atoms with Crippen LogP contribution in [0.4, 0.5) is 0 Å². The summed E-state index contributed by atoms with van der Waals surface area (Å²) in [7, 11) is 0. The van der Waals surface area contributed by atoms with E-state index in [2.05, 4.69) is 16.0 Å². The maximum Gasteiger partial charge on any atom is 0.326 e. The van der Waals surface area contributed by atoms with Crippen LogP contribution in [0.3, 0.4) is 0 Å². The van der Waals surface area contributed by atoms with E-state index in [0.717, 1.165) is 0 Å². The zero-order valence-electron chi connectivity index (χ0n) is 21.8. The van der Waals surface area contributed by atoms with Gasteiger partial charge in [-0.05, 0) is 54.9 Å². The summed E-state index contributed by atoms with van der Waals surface area (Å²) in [5.41, 5.74) is 6.74. The Kier molecular flexibility index (Phi) is 14.2. The predicted molar refractivity (Wildman–Crippen MR) is 143 cm³/mol. The van der Waals surface area contributed by atoms with E-state index in [-0.39, 0.29) is 30.9 Å². The number of carboxylic acid groups (broad SMARTS) is 2. The molecule has 3 amide bonds. The minimum absolute atomic E-state index is 0.0701. The number of rotatable bonds is 17. The summed E-state index contributed by atoms with van der Waals surface area (Å²) >= 11 is 1.40. The van der Waals surface area contributed by atoms with E-state index in [1.165, 1.54) is 23.9 Å². The second-order valence-corrected chi connectivity index (χ2v) is 10.0. The highest BCUT2D eigenvalue weighted by atomic mass is 32.2. The molecule has 0 saturated carbocycles. The molecule has 8 N–H and O–H groups in total. The molecule has 0 bridgehead atoms. The van der Waals surface area contributed by atoms with Crippen LogP contribution in [0.2, 0.25) is 0 Å². The van der Waals surface area contributed by atoms with Crippen LogP contribution in [-0.2, 0) is 30.4 Å². The van der Waals surface area contributed by atoms with Gasteiger partial charge in [-0.1, -0.05) is 32.4 Å². The minimum Gasteiger partial charge on any atom is -0.508 e. The number of benzene rings is 1. The van der Waals surface area contributed by atoms with Crippen molar-refractivity contribution in [2.24, 2.45) is 11.7 Å². The molecule has 12 nitrogen and oxygen atoms in total. The summed E-state index contributed by atoms with van der Waals surface area (Å²) in [6.45, 7) is 3.54. The minimum atomic E-state index is -1.33. The lowest BCUT2D eigenvalue weighted by atomic mass is 9.96. The Labute approximate surface area is 226 Å². The smallest absolute Gasteiger partial charge is 0.326 e. The Bertz CT molecular complexity index is 959. The maximum atomic E-state index is 13.2. The first kappa shape index (κ1) is 32.7. The van der Waals surface area contributed by atoms with Crippen LogP contribution in [-0.4, -0.2) is 81.2 Å². The highest BCUT2D eigenvalue weighted by Crippen LogP contribution is 2.13. The van der Waals surface area contributed by atoms with Crippen molar-refractivity contribution in [2.75, 3.05) is 12.0 Å². The molecule has 0 fully saturated rings. The lowest BCUT2D eigenvalue weighted by Gasteiger charge is -2.28. The maximum absolute atomic E-state index is 13.2. The highest BCUT2D eigenvalue weighted by Gasteiger charge is 2.32. The standard InChI is InChI=1S/C25H38N4O8S/c1-4-14(2)21(29-22(33)17(26)13-15-5-7-16(30)8-6-15)24(35)27-18(9-10-20(31)32)23(34)28-19(25(36)37)11-12-38-3/h5-8,14,17-19,21,30H,4,9-13,26H2,1-3H3,(H,27,35)(H,28,34)(H,29,33)(H,31,32)(H,36,37). The van der Waals surface area contributed by atoms with Gasteiger partial charge in [0.05, 0.1) is 6.04 Å². The lowest BCUT2D eigenvalue weighted by Crippen LogP contribution is -2.58. The molecular weight excluding hydrogens is 516 g/mol. The van der Waals surface area contributed by atoms with Crippen molar-refractivity contribution in [3.63, 3.8) is 0 Å². The van der Waals surface area contributed by atoms with Gasteiger partial charge in [-0.2, -0.15) is 11.8 Å². The fourth-order valence-electron chi connectivity index (χ4n) is 3.50. The van der Waals surface area contributed by atoms with Gasteiger partial charge in [0.25, 0.3) is 0 Å². The van der Waals surface area contributed by atoms with Crippen molar-refractivity contribution in [1.29, 1.82) is 0 Å². The Morgan fingerprint density at radius 2 is 1.53 bits per heavy atom. The first-order valence-corrected chi connectivity index (χ1v) is 13.7. The summed E-state index contributed by atoms with van der Waals surface area (Å²) < 4.78 is 0. The van der Waals surface area contributed by atoms with Crippen LogP contribution in [0, 0.1) is 5.92 Å². The first-order chi connectivity index (χ1) is 17.9. The number of carbonyl (C=O) groups excluding carboxylic acids is 3. The summed E-state index contributed by atoms with van der Waals surface area (Å²) in [5, 5.41) is 35.4. The molecule has 1 rings (SSSR count). The van der Waals surface area contributed by atoms with Crippen LogP contribution in [0.15, 0.2) is 24.3 Å². The van der Waals surface area contributed by atoms with Crippen LogP contribution in [0.25, 0.3) is 0 Å². The predicted octanol–water partition coefficient (Wildman–Crippen LogP) is 0.465. The number of hydrogen-bond acceptors (Lipinski definition) is 8. The van der Waals surface area contributed by atoms with E-state index in [0.29, 0.717) is 17.7 Å². The number of aliphatic carboxylic acids is 2. The lowest BCUT2D eigenvalue weighted by molar-refractivity contribution is -0.143. The number of aromatic hydroxyl groups is 1. The Morgan fingerprint density at radius 3 is 2.05 bits per heavy atom. The quantitative estimate of drug-likeness (QED) is 0.141. The number of amides is 3. The van der Waals surface area contributed by atoms with Gasteiger partial charge in [0.15, 0.2) is 0 Å². The Hall–Kier alpha value is -3.32. The fourth-order valence-corrected chi connectivity index (χ4v) is 3.98. The number of carboxylic acids is 2. The normalized spacial score (nSPS) is 14.8. The van der Waals surface area contributed by atoms with E-state index in [1.807, 2.05) is 6.92 Å². The van der Waals surface area contributed by atoms with Gasteiger partial charge in [0.2, 0.25) is 17.7 Å². The van der Waals surface area contributed by atoms with Crippen LogP contribution in [0.5, 0.6) is 5.75 Å². The third-order valence-electron chi connectivity index (χ3n) is 6.03. The number of thioether (sulfide) groups is 1. The number of phenolic OH excluding ortho intramolecular Hbond substituents is 1. The molecule has 0 heterocycles. The van der Waals surface area contributed by atoms with Crippen molar-refractivity contribution in [3.05, 3.63) is 29.8 Å². The number of hydrogen-bond donors (Lipinski definition) is 7. The van der Waals surface area contributed by atoms with Gasteiger partial charge < -0.3 is 37.0 Å². The average Bonchev–Trinajstić information content (AvgIpc) is 2.87. The monoisotopic (exact) mass is 554 g/mol. The molecular formula is C25H38N4O8S. The topological polar surface area (TPSA) is 208 Å². The molecule has 0 aliphatic rings. The van der Waals surface area contributed by atoms with Gasteiger partial charge in [0, 0.05) is 6.42 Å². The second-order valence-electron chi connectivity index (χ2n) is 9.02. The van der Waals surface area contributed by atoms with Crippen molar-refractivity contribution < 1.29 is 39.3 Å². The van der Waals surface area contributed by atoms with E-state index in [9.17, 15) is 34.2 Å². The molecule has 0 aromatic heterocycles. The molecule has 0 aliphatic heterocycles. The number of phenols is 1. The van der Waals surface area contributed by atoms with E-state index in [4.69, 9.17) is 10.8 Å². The van der Waals surface area contributed by atoms with Crippen molar-refractivity contribution in [2.45, 2.75) is 70.1 Å². The number of nitrogens with one attached hydrogen (secondary N) is 3. The SMILES string of the molecule is CCC(C)C(NC(=O)C(N)Cc1ccc(O)cc1)C(=O)NC(CCC(=O)O)C(=O)NC(CCSC)C(=O)O. The van der Waals surface area contributed by atoms with E-state index in [1.54, 1.807) is 25.3 Å². The Balaban J connectivity index is 3.00. The third-order valence-corrected chi connectivity index (χ3v) is 6.67. The molecule has 0 radical (unpaired) electrons. The van der Waals surface area contributed by atoms with Gasteiger partial charge in [0.1, 0.15) is 23.9 Å². The first-order valence-electron chi connectivity index (χ1n) is 12.3. The third kappa shape index (κ3) is 11.4.